The number of hydrogen-bond acceptors (Lipinski definition) is 1. The van der Waals surface area contributed by atoms with Crippen LogP contribution in [-0.4, -0.2) is 3.92 Å². The minimum absolute atomic E-state index is 0.506. The summed E-state index contributed by atoms with van der Waals surface area (Å²) in [5.74, 6) is 0. The lowest BCUT2D eigenvalue weighted by molar-refractivity contribution is 0.532. The third-order valence-electron chi connectivity index (χ3n) is 4.11. The van der Waals surface area contributed by atoms with Gasteiger partial charge in [-0.1, -0.05) is 104 Å². The van der Waals surface area contributed by atoms with Gasteiger partial charge in [-0.3, -0.25) is 3.07 Å². The molecule has 1 nitrogen and oxygen atoms in total. The van der Waals surface area contributed by atoms with Crippen molar-refractivity contribution in [2.24, 2.45) is 0 Å². The van der Waals surface area contributed by atoms with Crippen molar-refractivity contribution in [1.29, 1.82) is 0 Å². The normalized spacial score (nSPS) is 12.7. The molecular formula is C18H37IO. The molecule has 0 fully saturated rings. The highest BCUT2D eigenvalue weighted by molar-refractivity contribution is 14.1. The van der Waals surface area contributed by atoms with E-state index in [0.717, 1.165) is 0 Å². The smallest absolute Gasteiger partial charge is 0.147 e. The zero-order valence-electron chi connectivity index (χ0n) is 14.0. The van der Waals surface area contributed by atoms with E-state index in [2.05, 4.69) is 13.8 Å². The minimum Gasteiger partial charge on any atom is -0.270 e. The molecule has 2 heteroatoms. The van der Waals surface area contributed by atoms with Crippen LogP contribution in [0.3, 0.4) is 0 Å². The Kier molecular flexibility index (Phi) is 18.0. The summed E-state index contributed by atoms with van der Waals surface area (Å²) in [4.78, 5) is 0. The van der Waals surface area contributed by atoms with E-state index in [9.17, 15) is 3.07 Å². The SMILES string of the molecule is CCCCCCCCCCCCCCCCC(C)I=O. The van der Waals surface area contributed by atoms with Crippen LogP contribution in [0, 0.1) is 0 Å². The highest BCUT2D eigenvalue weighted by Crippen LogP contribution is 2.16. The van der Waals surface area contributed by atoms with Gasteiger partial charge in [0.25, 0.3) is 0 Å². The fourth-order valence-electron chi connectivity index (χ4n) is 2.66. The molecule has 0 aromatic rings. The largest absolute Gasteiger partial charge is 0.270 e. The van der Waals surface area contributed by atoms with Crippen molar-refractivity contribution in [2.75, 3.05) is 0 Å². The van der Waals surface area contributed by atoms with Crippen LogP contribution in [0.1, 0.15) is 110 Å². The summed E-state index contributed by atoms with van der Waals surface area (Å²) in [6.45, 7) is 4.41. The molecule has 20 heavy (non-hydrogen) atoms. The van der Waals surface area contributed by atoms with Crippen LogP contribution < -0.4 is 0 Å². The minimum atomic E-state index is -0.749. The molecule has 122 valence electrons. The molecular weight excluding hydrogens is 359 g/mol. The molecule has 0 heterocycles. The molecule has 1 atom stereocenters. The molecule has 0 radical (unpaired) electrons. The van der Waals surface area contributed by atoms with Gasteiger partial charge in [-0.15, -0.1) is 0 Å². The van der Waals surface area contributed by atoms with E-state index in [1.807, 2.05) is 0 Å². The lowest BCUT2D eigenvalue weighted by Gasteiger charge is -2.04. The van der Waals surface area contributed by atoms with Crippen LogP contribution >= 0.6 is 21.2 Å². The molecule has 0 aliphatic carbocycles. The maximum absolute atomic E-state index is 10.7. The van der Waals surface area contributed by atoms with E-state index in [1.54, 1.807) is 0 Å². The molecule has 1 unspecified atom stereocenters. The first kappa shape index (κ1) is 20.5. The predicted molar refractivity (Wildman–Crippen MR) is 99.1 cm³/mol. The van der Waals surface area contributed by atoms with Crippen molar-refractivity contribution in [1.82, 2.24) is 0 Å². The third-order valence-corrected chi connectivity index (χ3v) is 5.60. The molecule has 0 aliphatic heterocycles. The first-order valence-corrected chi connectivity index (χ1v) is 11.2. The van der Waals surface area contributed by atoms with Gasteiger partial charge < -0.3 is 0 Å². The number of hydrogen-bond donors (Lipinski definition) is 0. The van der Waals surface area contributed by atoms with Crippen LogP contribution in [0.25, 0.3) is 0 Å². The second-order valence-electron chi connectivity index (χ2n) is 6.25. The Morgan fingerprint density at radius 3 is 1.35 bits per heavy atom. The van der Waals surface area contributed by atoms with Gasteiger partial charge in [0, 0.05) is 3.92 Å². The zero-order valence-corrected chi connectivity index (χ0v) is 16.1. The van der Waals surface area contributed by atoms with E-state index in [4.69, 9.17) is 0 Å². The van der Waals surface area contributed by atoms with Gasteiger partial charge in [-0.2, -0.15) is 0 Å². The first-order valence-electron chi connectivity index (χ1n) is 9.07. The zero-order chi connectivity index (χ0) is 14.9. The second-order valence-corrected chi connectivity index (χ2v) is 8.89. The van der Waals surface area contributed by atoms with Gasteiger partial charge in [-0.05, 0) is 6.42 Å². The van der Waals surface area contributed by atoms with Crippen molar-refractivity contribution >= 4 is 21.2 Å². The van der Waals surface area contributed by atoms with Gasteiger partial charge in [-0.25, -0.2) is 0 Å². The summed E-state index contributed by atoms with van der Waals surface area (Å²) in [5, 5.41) is 0. The quantitative estimate of drug-likeness (QED) is 0.149. The summed E-state index contributed by atoms with van der Waals surface area (Å²) in [6, 6.07) is 0. The Balaban J connectivity index is 2.97. The van der Waals surface area contributed by atoms with E-state index in [-0.39, 0.29) is 0 Å². The van der Waals surface area contributed by atoms with Crippen molar-refractivity contribution in [2.45, 2.75) is 114 Å². The highest BCUT2D eigenvalue weighted by atomic mass is 127. The van der Waals surface area contributed by atoms with Crippen LogP contribution in [-0.2, 0) is 3.07 Å². The fourth-order valence-corrected chi connectivity index (χ4v) is 3.36. The lowest BCUT2D eigenvalue weighted by Crippen LogP contribution is -1.90. The Bertz CT molecular complexity index is 194. The van der Waals surface area contributed by atoms with Gasteiger partial charge in [0.05, 0.1) is 0 Å². The monoisotopic (exact) mass is 396 g/mol. The highest BCUT2D eigenvalue weighted by Gasteiger charge is 1.99. The van der Waals surface area contributed by atoms with E-state index in [1.165, 1.54) is 96.3 Å². The van der Waals surface area contributed by atoms with E-state index >= 15 is 0 Å². The van der Waals surface area contributed by atoms with E-state index < -0.39 is 21.2 Å². The average molecular weight is 396 g/mol. The number of rotatable bonds is 16. The second kappa shape index (κ2) is 17.6. The molecule has 0 rings (SSSR count). The van der Waals surface area contributed by atoms with Crippen molar-refractivity contribution < 1.29 is 3.07 Å². The molecule has 0 aliphatic rings. The lowest BCUT2D eigenvalue weighted by atomic mass is 10.0. The summed E-state index contributed by atoms with van der Waals surface area (Å²) in [7, 11) is 0. The van der Waals surface area contributed by atoms with Gasteiger partial charge in [0.2, 0.25) is 0 Å². The average Bonchev–Trinajstić information content (AvgIpc) is 2.47. The molecule has 0 aromatic heterocycles. The number of alkyl halides is 1. The Morgan fingerprint density at radius 1 is 0.650 bits per heavy atom. The van der Waals surface area contributed by atoms with Gasteiger partial charge >= 0.3 is 0 Å². The maximum atomic E-state index is 10.7. The van der Waals surface area contributed by atoms with Crippen LogP contribution in [0.2, 0.25) is 0 Å². The molecule has 0 saturated heterocycles. The summed E-state index contributed by atoms with van der Waals surface area (Å²) in [6.07, 6.45) is 21.0. The molecule has 0 amide bonds. The Morgan fingerprint density at radius 2 is 1.00 bits per heavy atom. The van der Waals surface area contributed by atoms with Crippen molar-refractivity contribution in [3.05, 3.63) is 0 Å². The summed E-state index contributed by atoms with van der Waals surface area (Å²) in [5.41, 5.74) is 0. The van der Waals surface area contributed by atoms with Crippen LogP contribution in [0.5, 0.6) is 0 Å². The van der Waals surface area contributed by atoms with Gasteiger partial charge in [0.1, 0.15) is 21.2 Å². The predicted octanol–water partition coefficient (Wildman–Crippen LogP) is 7.56. The summed E-state index contributed by atoms with van der Waals surface area (Å²) >= 11 is -0.749. The van der Waals surface area contributed by atoms with Crippen LogP contribution in [0.4, 0.5) is 0 Å². The maximum Gasteiger partial charge on any atom is 0.147 e. The first-order chi connectivity index (χ1) is 9.81. The topological polar surface area (TPSA) is 17.1 Å². The summed E-state index contributed by atoms with van der Waals surface area (Å²) < 4.78 is 11.2. The Labute approximate surface area is 138 Å². The number of unbranched alkanes of at least 4 members (excludes halogenated alkanes) is 13. The van der Waals surface area contributed by atoms with Crippen LogP contribution in [0.15, 0.2) is 0 Å². The van der Waals surface area contributed by atoms with Crippen molar-refractivity contribution in [3.63, 3.8) is 0 Å². The fraction of sp³-hybridized carbons (Fsp3) is 1.00. The molecule has 0 N–H and O–H groups in total. The Hall–Kier alpha value is 0.530. The number of halogens is 1. The molecule has 0 bridgehead atoms. The molecule has 0 aromatic carbocycles. The third kappa shape index (κ3) is 16.6. The molecule has 0 spiro atoms. The van der Waals surface area contributed by atoms with Crippen molar-refractivity contribution in [3.8, 4) is 0 Å². The van der Waals surface area contributed by atoms with E-state index in [0.29, 0.717) is 3.92 Å². The molecule has 0 saturated carbocycles. The standard InChI is InChI=1S/C18H37IO/c1-3-4-5-6-7-8-9-10-11-12-13-14-15-16-17-18(2)19-20/h18H,3-17H2,1-2H3. The van der Waals surface area contributed by atoms with Gasteiger partial charge in [0.15, 0.2) is 0 Å².